The van der Waals surface area contributed by atoms with Gasteiger partial charge in [-0.15, -0.1) is 11.6 Å². The van der Waals surface area contributed by atoms with Gasteiger partial charge < -0.3 is 0 Å². The molecule has 0 saturated heterocycles. The third kappa shape index (κ3) is 3.26. The highest BCUT2D eigenvalue weighted by atomic mass is 35.5. The first kappa shape index (κ1) is 12.0. The van der Waals surface area contributed by atoms with Crippen LogP contribution in [0.25, 0.3) is 0 Å². The summed E-state index contributed by atoms with van der Waals surface area (Å²) in [5, 5.41) is 8.71. The summed E-state index contributed by atoms with van der Waals surface area (Å²) >= 11 is 7.41. The molecule has 0 saturated carbocycles. The number of nitrogens with zero attached hydrogens (tertiary/aromatic N) is 1. The summed E-state index contributed by atoms with van der Waals surface area (Å²) in [6, 6.07) is 17.8. The summed E-state index contributed by atoms with van der Waals surface area (Å²) in [4.78, 5) is 2.30. The maximum Gasteiger partial charge on any atom is 0.0991 e. The van der Waals surface area contributed by atoms with Gasteiger partial charge in [-0.1, -0.05) is 23.9 Å². The molecule has 2 aromatic carbocycles. The van der Waals surface area contributed by atoms with Crippen molar-refractivity contribution in [2.45, 2.75) is 15.7 Å². The summed E-state index contributed by atoms with van der Waals surface area (Å²) in [6.45, 7) is 0. The molecule has 0 spiro atoms. The molecule has 0 aliphatic carbocycles. The molecule has 0 amide bonds. The highest BCUT2D eigenvalue weighted by Crippen LogP contribution is 2.28. The number of halogens is 1. The van der Waals surface area contributed by atoms with E-state index in [0.29, 0.717) is 11.4 Å². The summed E-state index contributed by atoms with van der Waals surface area (Å²) in [5.41, 5.74) is 1.81. The average Bonchev–Trinajstić information content (AvgIpc) is 2.40. The molecule has 2 rings (SSSR count). The van der Waals surface area contributed by atoms with Crippen LogP contribution in [-0.4, -0.2) is 0 Å². The van der Waals surface area contributed by atoms with Crippen LogP contribution in [0.3, 0.4) is 0 Å². The van der Waals surface area contributed by atoms with E-state index in [0.717, 1.165) is 10.5 Å². The minimum atomic E-state index is 0.543. The Morgan fingerprint density at radius 3 is 1.94 bits per heavy atom. The molecule has 0 N–H and O–H groups in total. The predicted octanol–water partition coefficient (Wildman–Crippen LogP) is 4.45. The fourth-order valence-electron chi connectivity index (χ4n) is 1.38. The van der Waals surface area contributed by atoms with Crippen molar-refractivity contribution in [1.29, 1.82) is 5.26 Å². The standard InChI is InChI=1S/C14H10ClNS/c15-9-11-1-5-13(6-2-11)17-14-7-3-12(10-16)4-8-14/h1-8H,9H2. The van der Waals surface area contributed by atoms with Gasteiger partial charge in [0.15, 0.2) is 0 Å². The summed E-state index contributed by atoms with van der Waals surface area (Å²) in [5.74, 6) is 0.543. The van der Waals surface area contributed by atoms with E-state index in [1.54, 1.807) is 11.8 Å². The quantitative estimate of drug-likeness (QED) is 0.761. The summed E-state index contributed by atoms with van der Waals surface area (Å²) in [7, 11) is 0. The lowest BCUT2D eigenvalue weighted by Gasteiger charge is -2.02. The third-order valence-electron chi connectivity index (χ3n) is 2.30. The van der Waals surface area contributed by atoms with E-state index in [1.165, 1.54) is 4.90 Å². The number of alkyl halides is 1. The van der Waals surface area contributed by atoms with Crippen LogP contribution in [0, 0.1) is 11.3 Å². The highest BCUT2D eigenvalue weighted by molar-refractivity contribution is 7.99. The number of nitriles is 1. The molecule has 0 bridgehead atoms. The van der Waals surface area contributed by atoms with E-state index < -0.39 is 0 Å². The summed E-state index contributed by atoms with van der Waals surface area (Å²) in [6.07, 6.45) is 0. The van der Waals surface area contributed by atoms with Gasteiger partial charge in [0.05, 0.1) is 11.6 Å². The van der Waals surface area contributed by atoms with Crippen molar-refractivity contribution in [3.8, 4) is 6.07 Å². The normalized spacial score (nSPS) is 9.88. The van der Waals surface area contributed by atoms with Crippen LogP contribution in [0.2, 0.25) is 0 Å². The van der Waals surface area contributed by atoms with Crippen molar-refractivity contribution in [1.82, 2.24) is 0 Å². The van der Waals surface area contributed by atoms with Gasteiger partial charge in [-0.3, -0.25) is 0 Å². The van der Waals surface area contributed by atoms with Crippen LogP contribution < -0.4 is 0 Å². The molecule has 3 heteroatoms. The molecule has 0 aliphatic rings. The van der Waals surface area contributed by atoms with E-state index in [4.69, 9.17) is 16.9 Å². The Labute approximate surface area is 110 Å². The third-order valence-corrected chi connectivity index (χ3v) is 3.62. The first-order chi connectivity index (χ1) is 8.31. The van der Waals surface area contributed by atoms with Crippen molar-refractivity contribution >= 4 is 23.4 Å². The lowest BCUT2D eigenvalue weighted by atomic mass is 10.2. The fraction of sp³-hybridized carbons (Fsp3) is 0.0714. The van der Waals surface area contributed by atoms with Gasteiger partial charge in [-0.25, -0.2) is 0 Å². The predicted molar refractivity (Wildman–Crippen MR) is 71.3 cm³/mol. The van der Waals surface area contributed by atoms with Crippen LogP contribution in [0.4, 0.5) is 0 Å². The minimum Gasteiger partial charge on any atom is -0.192 e. The smallest absolute Gasteiger partial charge is 0.0991 e. The molecule has 0 aromatic heterocycles. The average molecular weight is 260 g/mol. The van der Waals surface area contributed by atoms with Crippen molar-refractivity contribution < 1.29 is 0 Å². The molecular weight excluding hydrogens is 250 g/mol. The second-order valence-corrected chi connectivity index (χ2v) is 4.93. The first-order valence-electron chi connectivity index (χ1n) is 5.15. The number of hydrogen-bond donors (Lipinski definition) is 0. The molecule has 17 heavy (non-hydrogen) atoms. The zero-order valence-electron chi connectivity index (χ0n) is 9.06. The Balaban J connectivity index is 2.11. The van der Waals surface area contributed by atoms with Gasteiger partial charge >= 0.3 is 0 Å². The topological polar surface area (TPSA) is 23.8 Å². The monoisotopic (exact) mass is 259 g/mol. The Morgan fingerprint density at radius 1 is 0.941 bits per heavy atom. The van der Waals surface area contributed by atoms with Gasteiger partial charge in [0, 0.05) is 15.7 Å². The minimum absolute atomic E-state index is 0.543. The van der Waals surface area contributed by atoms with Crippen molar-refractivity contribution in [2.24, 2.45) is 0 Å². The number of rotatable bonds is 3. The maximum absolute atomic E-state index is 8.71. The van der Waals surface area contributed by atoms with Crippen molar-refractivity contribution in [3.63, 3.8) is 0 Å². The Kier molecular flexibility index (Phi) is 4.08. The molecule has 0 unspecified atom stereocenters. The van der Waals surface area contributed by atoms with E-state index in [9.17, 15) is 0 Å². The zero-order valence-corrected chi connectivity index (χ0v) is 10.6. The number of benzene rings is 2. The van der Waals surface area contributed by atoms with Crippen LogP contribution in [0.15, 0.2) is 58.3 Å². The van der Waals surface area contributed by atoms with Crippen molar-refractivity contribution in [3.05, 3.63) is 59.7 Å². The second kappa shape index (κ2) is 5.77. The Morgan fingerprint density at radius 2 is 1.47 bits per heavy atom. The SMILES string of the molecule is N#Cc1ccc(Sc2ccc(CCl)cc2)cc1. The van der Waals surface area contributed by atoms with E-state index >= 15 is 0 Å². The molecule has 0 aliphatic heterocycles. The Hall–Kier alpha value is -1.43. The van der Waals surface area contributed by atoms with E-state index in [2.05, 4.69) is 18.2 Å². The van der Waals surface area contributed by atoms with Crippen LogP contribution in [0.5, 0.6) is 0 Å². The molecule has 0 radical (unpaired) electrons. The lowest BCUT2D eigenvalue weighted by molar-refractivity contribution is 1.33. The molecule has 84 valence electrons. The molecule has 2 aromatic rings. The second-order valence-electron chi connectivity index (χ2n) is 3.52. The highest BCUT2D eigenvalue weighted by Gasteiger charge is 1.98. The molecule has 0 fully saturated rings. The van der Waals surface area contributed by atoms with Crippen LogP contribution in [-0.2, 0) is 5.88 Å². The lowest BCUT2D eigenvalue weighted by Crippen LogP contribution is -1.78. The van der Waals surface area contributed by atoms with Gasteiger partial charge in [0.25, 0.3) is 0 Å². The maximum atomic E-state index is 8.71. The van der Waals surface area contributed by atoms with Gasteiger partial charge in [-0.05, 0) is 42.0 Å². The zero-order chi connectivity index (χ0) is 12.1. The molecule has 0 heterocycles. The summed E-state index contributed by atoms with van der Waals surface area (Å²) < 4.78 is 0. The van der Waals surface area contributed by atoms with Crippen LogP contribution >= 0.6 is 23.4 Å². The van der Waals surface area contributed by atoms with Gasteiger partial charge in [0.1, 0.15) is 0 Å². The van der Waals surface area contributed by atoms with E-state index in [1.807, 2.05) is 36.4 Å². The van der Waals surface area contributed by atoms with Crippen molar-refractivity contribution in [2.75, 3.05) is 0 Å². The van der Waals surface area contributed by atoms with Crippen LogP contribution in [0.1, 0.15) is 11.1 Å². The molecule has 1 nitrogen and oxygen atoms in total. The Bertz CT molecular complexity index is 526. The fourth-order valence-corrected chi connectivity index (χ4v) is 2.37. The largest absolute Gasteiger partial charge is 0.192 e. The first-order valence-corrected chi connectivity index (χ1v) is 6.50. The molecule has 0 atom stereocenters. The van der Waals surface area contributed by atoms with Gasteiger partial charge in [-0.2, -0.15) is 5.26 Å². The number of hydrogen-bond acceptors (Lipinski definition) is 2. The molecular formula is C14H10ClNS. The van der Waals surface area contributed by atoms with E-state index in [-0.39, 0.29) is 0 Å². The van der Waals surface area contributed by atoms with Gasteiger partial charge in [0.2, 0.25) is 0 Å².